The van der Waals surface area contributed by atoms with Crippen molar-refractivity contribution in [2.75, 3.05) is 36.8 Å². The van der Waals surface area contributed by atoms with E-state index in [1.807, 2.05) is 47.4 Å². The molecule has 1 aromatic heterocycles. The van der Waals surface area contributed by atoms with Crippen molar-refractivity contribution in [3.05, 3.63) is 120 Å². The maximum absolute atomic E-state index is 13.3. The first-order chi connectivity index (χ1) is 18.7. The minimum absolute atomic E-state index is 0.0421. The van der Waals surface area contributed by atoms with Crippen LogP contribution in [0.5, 0.6) is 0 Å². The lowest BCUT2D eigenvalue weighted by Crippen LogP contribution is -2.49. The second kappa shape index (κ2) is 10.9. The summed E-state index contributed by atoms with van der Waals surface area (Å²) >= 11 is 1.55. The number of furan rings is 1. The van der Waals surface area contributed by atoms with E-state index in [0.29, 0.717) is 36.9 Å². The number of benzene rings is 3. The molecule has 38 heavy (non-hydrogen) atoms. The number of fused-ring (bicyclic) bond motifs is 1. The molecule has 1 saturated heterocycles. The molecule has 1 fully saturated rings. The number of piperazine rings is 1. The standard InChI is InChI=1S/C31H29N3O3S/c35-29-22-38-28-14-8-7-13-26(28)34(29)21-25-15-16-27(37-25)31(36)33-19-17-32(18-20-33)30(23-9-3-1-4-10-23)24-11-5-2-6-12-24/h1-16,30H,17-22H2. The Morgan fingerprint density at radius 2 is 1.42 bits per heavy atom. The van der Waals surface area contributed by atoms with Crippen molar-refractivity contribution < 1.29 is 14.0 Å². The topological polar surface area (TPSA) is 57.0 Å². The summed E-state index contributed by atoms with van der Waals surface area (Å²) in [6.07, 6.45) is 0. The van der Waals surface area contributed by atoms with Gasteiger partial charge in [0.15, 0.2) is 5.76 Å². The molecule has 192 valence electrons. The summed E-state index contributed by atoms with van der Waals surface area (Å²) in [4.78, 5) is 33.1. The van der Waals surface area contributed by atoms with Crippen molar-refractivity contribution in [2.24, 2.45) is 0 Å². The van der Waals surface area contributed by atoms with Gasteiger partial charge in [0.05, 0.1) is 24.0 Å². The van der Waals surface area contributed by atoms with Gasteiger partial charge >= 0.3 is 0 Å². The summed E-state index contributed by atoms with van der Waals surface area (Å²) in [6.45, 7) is 3.10. The number of thioether (sulfide) groups is 1. The summed E-state index contributed by atoms with van der Waals surface area (Å²) in [6, 6.07) is 32.6. The van der Waals surface area contributed by atoms with Gasteiger partial charge in [-0.15, -0.1) is 11.8 Å². The highest BCUT2D eigenvalue weighted by Crippen LogP contribution is 2.36. The first kappa shape index (κ1) is 24.5. The van der Waals surface area contributed by atoms with Gasteiger partial charge in [0, 0.05) is 31.1 Å². The van der Waals surface area contributed by atoms with Crippen molar-refractivity contribution in [1.82, 2.24) is 9.80 Å². The molecule has 3 heterocycles. The highest BCUT2D eigenvalue weighted by atomic mass is 32.2. The molecular weight excluding hydrogens is 494 g/mol. The van der Waals surface area contributed by atoms with E-state index in [1.165, 1.54) is 11.1 Å². The first-order valence-electron chi connectivity index (χ1n) is 12.9. The van der Waals surface area contributed by atoms with E-state index in [1.54, 1.807) is 22.7 Å². The van der Waals surface area contributed by atoms with Gasteiger partial charge in [-0.25, -0.2) is 0 Å². The average Bonchev–Trinajstić information content (AvgIpc) is 3.45. The summed E-state index contributed by atoms with van der Waals surface area (Å²) < 4.78 is 5.97. The van der Waals surface area contributed by atoms with Crippen LogP contribution in [0.2, 0.25) is 0 Å². The maximum Gasteiger partial charge on any atom is 0.289 e. The van der Waals surface area contributed by atoms with Crippen LogP contribution in [0.4, 0.5) is 5.69 Å². The van der Waals surface area contributed by atoms with E-state index in [4.69, 9.17) is 4.42 Å². The van der Waals surface area contributed by atoms with Crippen LogP contribution in [-0.4, -0.2) is 53.5 Å². The van der Waals surface area contributed by atoms with Crippen LogP contribution in [0.3, 0.4) is 0 Å². The van der Waals surface area contributed by atoms with Gasteiger partial charge in [0.2, 0.25) is 5.91 Å². The zero-order valence-electron chi connectivity index (χ0n) is 21.0. The van der Waals surface area contributed by atoms with E-state index in [9.17, 15) is 9.59 Å². The first-order valence-corrected chi connectivity index (χ1v) is 13.9. The Hall–Kier alpha value is -3.81. The van der Waals surface area contributed by atoms with Crippen LogP contribution in [0.1, 0.15) is 33.5 Å². The number of hydrogen-bond donors (Lipinski definition) is 0. The quantitative estimate of drug-likeness (QED) is 0.336. The third-order valence-corrected chi connectivity index (χ3v) is 8.24. The number of amides is 2. The van der Waals surface area contributed by atoms with Gasteiger partial charge in [0.25, 0.3) is 5.91 Å². The van der Waals surface area contributed by atoms with Gasteiger partial charge < -0.3 is 14.2 Å². The number of carbonyl (C=O) groups excluding carboxylic acids is 2. The van der Waals surface area contributed by atoms with E-state index in [0.717, 1.165) is 23.7 Å². The molecule has 0 unspecified atom stereocenters. The Morgan fingerprint density at radius 1 is 0.789 bits per heavy atom. The summed E-state index contributed by atoms with van der Waals surface area (Å²) in [5.41, 5.74) is 3.39. The summed E-state index contributed by atoms with van der Waals surface area (Å²) in [5.74, 6) is 1.27. The third-order valence-electron chi connectivity index (χ3n) is 7.19. The third kappa shape index (κ3) is 4.99. The molecule has 0 N–H and O–H groups in total. The molecule has 0 bridgehead atoms. The van der Waals surface area contributed by atoms with E-state index < -0.39 is 0 Å². The Balaban J connectivity index is 1.13. The average molecular weight is 524 g/mol. The Morgan fingerprint density at radius 3 is 2.11 bits per heavy atom. The summed E-state index contributed by atoms with van der Waals surface area (Å²) in [7, 11) is 0. The van der Waals surface area contributed by atoms with E-state index >= 15 is 0 Å². The molecule has 2 aliphatic heterocycles. The van der Waals surface area contributed by atoms with Crippen LogP contribution >= 0.6 is 11.8 Å². The van der Waals surface area contributed by atoms with E-state index in [-0.39, 0.29) is 17.9 Å². The molecule has 0 spiro atoms. The smallest absolute Gasteiger partial charge is 0.289 e. The number of nitrogens with zero attached hydrogens (tertiary/aromatic N) is 3. The molecule has 2 amide bonds. The van der Waals surface area contributed by atoms with Crippen LogP contribution in [-0.2, 0) is 11.3 Å². The number of hydrogen-bond acceptors (Lipinski definition) is 5. The SMILES string of the molecule is O=C(c1ccc(CN2C(=O)CSc3ccccc32)o1)N1CCN(C(c2ccccc2)c2ccccc2)CC1. The minimum Gasteiger partial charge on any atom is -0.454 e. The van der Waals surface area contributed by atoms with Gasteiger partial charge in [-0.1, -0.05) is 72.8 Å². The highest BCUT2D eigenvalue weighted by molar-refractivity contribution is 8.00. The summed E-state index contributed by atoms with van der Waals surface area (Å²) in [5, 5.41) is 0. The van der Waals surface area contributed by atoms with Gasteiger partial charge in [-0.05, 0) is 35.4 Å². The number of anilines is 1. The van der Waals surface area contributed by atoms with Gasteiger partial charge in [-0.2, -0.15) is 0 Å². The lowest BCUT2D eigenvalue weighted by atomic mass is 9.96. The normalized spacial score (nSPS) is 16.1. The molecule has 6 nitrogen and oxygen atoms in total. The predicted molar refractivity (Wildman–Crippen MR) is 149 cm³/mol. The Kier molecular flexibility index (Phi) is 7.03. The van der Waals surface area contributed by atoms with E-state index in [2.05, 4.69) is 53.4 Å². The van der Waals surface area contributed by atoms with Crippen LogP contribution in [0.25, 0.3) is 0 Å². The zero-order chi connectivity index (χ0) is 25.9. The molecule has 3 aromatic carbocycles. The fourth-order valence-electron chi connectivity index (χ4n) is 5.28. The second-order valence-corrected chi connectivity index (χ2v) is 10.6. The fraction of sp³-hybridized carbons (Fsp3) is 0.226. The molecule has 4 aromatic rings. The molecule has 0 saturated carbocycles. The van der Waals surface area contributed by atoms with Crippen molar-refractivity contribution >= 4 is 29.3 Å². The molecular formula is C31H29N3O3S. The van der Waals surface area contributed by atoms with Crippen LogP contribution < -0.4 is 4.90 Å². The molecule has 2 aliphatic rings. The van der Waals surface area contributed by atoms with Crippen molar-refractivity contribution in [2.45, 2.75) is 17.5 Å². The lowest BCUT2D eigenvalue weighted by Gasteiger charge is -2.39. The number of carbonyl (C=O) groups is 2. The minimum atomic E-state index is -0.104. The van der Waals surface area contributed by atoms with Crippen molar-refractivity contribution in [3.63, 3.8) is 0 Å². The molecule has 6 rings (SSSR count). The van der Waals surface area contributed by atoms with Gasteiger partial charge in [0.1, 0.15) is 5.76 Å². The van der Waals surface area contributed by atoms with Crippen LogP contribution in [0, 0.1) is 0 Å². The Labute approximate surface area is 226 Å². The predicted octanol–water partition coefficient (Wildman–Crippen LogP) is 5.47. The lowest BCUT2D eigenvalue weighted by molar-refractivity contribution is -0.116. The highest BCUT2D eigenvalue weighted by Gasteiger charge is 2.30. The maximum atomic E-state index is 13.3. The molecule has 0 aliphatic carbocycles. The van der Waals surface area contributed by atoms with Crippen molar-refractivity contribution in [1.29, 1.82) is 0 Å². The number of para-hydroxylation sites is 1. The fourth-order valence-corrected chi connectivity index (χ4v) is 6.22. The molecule has 0 atom stereocenters. The second-order valence-electron chi connectivity index (χ2n) is 9.55. The number of rotatable bonds is 6. The monoisotopic (exact) mass is 523 g/mol. The van der Waals surface area contributed by atoms with Crippen molar-refractivity contribution in [3.8, 4) is 0 Å². The molecule has 0 radical (unpaired) electrons. The molecule has 7 heteroatoms. The zero-order valence-corrected chi connectivity index (χ0v) is 21.8. The van der Waals surface area contributed by atoms with Gasteiger partial charge in [-0.3, -0.25) is 14.5 Å². The van der Waals surface area contributed by atoms with Crippen LogP contribution in [0.15, 0.2) is 106 Å². The largest absolute Gasteiger partial charge is 0.454 e. The Bertz CT molecular complexity index is 1380.